The molecule has 2 N–H and O–H groups in total. The van der Waals surface area contributed by atoms with Crippen LogP contribution < -0.4 is 10.0 Å². The molecule has 2 aliphatic rings. The number of urea groups is 1. The average Bonchev–Trinajstić information content (AvgIpc) is 2.99. The largest absolute Gasteiger partial charge is 0.322 e. The molecular formula is C16H23N3O3S. The average molecular weight is 337 g/mol. The number of hydrogen-bond donors (Lipinski definition) is 2. The Morgan fingerprint density at radius 3 is 2.61 bits per heavy atom. The topological polar surface area (TPSA) is 78.5 Å². The minimum atomic E-state index is -3.26. The van der Waals surface area contributed by atoms with E-state index < -0.39 is 10.0 Å². The highest BCUT2D eigenvalue weighted by Gasteiger charge is 2.47. The highest BCUT2D eigenvalue weighted by atomic mass is 32.2. The molecular weight excluding hydrogens is 314 g/mol. The van der Waals surface area contributed by atoms with Crippen LogP contribution in [0.1, 0.15) is 24.0 Å². The van der Waals surface area contributed by atoms with Crippen LogP contribution in [0, 0.1) is 19.8 Å². The van der Waals surface area contributed by atoms with Crippen molar-refractivity contribution in [1.29, 1.82) is 0 Å². The van der Waals surface area contributed by atoms with Crippen molar-refractivity contribution in [2.24, 2.45) is 5.92 Å². The maximum atomic E-state index is 12.6. The molecule has 0 spiro atoms. The third-order valence-electron chi connectivity index (χ3n) is 4.73. The predicted octanol–water partition coefficient (Wildman–Crippen LogP) is 1.85. The molecule has 6 nitrogen and oxygen atoms in total. The molecule has 2 amide bonds. The lowest BCUT2D eigenvalue weighted by molar-refractivity contribution is 0.183. The molecule has 0 aromatic heterocycles. The zero-order valence-electron chi connectivity index (χ0n) is 13.7. The van der Waals surface area contributed by atoms with Crippen LogP contribution >= 0.6 is 0 Å². The first-order chi connectivity index (χ1) is 10.7. The SMILES string of the molecule is Cc1ccc(NC(=O)N2C[C@@H]3C[C@H](NS(C)(=O)=O)[C@H]2C3)c(C)c1. The van der Waals surface area contributed by atoms with Gasteiger partial charge in [0.25, 0.3) is 0 Å². The van der Waals surface area contributed by atoms with Crippen LogP contribution in [0.25, 0.3) is 0 Å². The van der Waals surface area contributed by atoms with Crippen molar-refractivity contribution in [1.82, 2.24) is 9.62 Å². The number of rotatable bonds is 3. The van der Waals surface area contributed by atoms with Gasteiger partial charge in [0.05, 0.1) is 12.3 Å². The molecule has 1 aliphatic heterocycles. The van der Waals surface area contributed by atoms with Gasteiger partial charge in [-0.2, -0.15) is 0 Å². The van der Waals surface area contributed by atoms with E-state index in [0.717, 1.165) is 29.7 Å². The number of sulfonamides is 1. The van der Waals surface area contributed by atoms with Gasteiger partial charge in [-0.1, -0.05) is 17.7 Å². The Bertz CT molecular complexity index is 732. The maximum Gasteiger partial charge on any atom is 0.322 e. The summed E-state index contributed by atoms with van der Waals surface area (Å²) in [5.41, 5.74) is 2.97. The number of fused-ring (bicyclic) bond motifs is 2. The minimum absolute atomic E-state index is 0.0551. The molecule has 1 aliphatic carbocycles. The molecule has 3 rings (SSSR count). The second-order valence-corrected chi connectivity index (χ2v) is 8.58. The van der Waals surface area contributed by atoms with Gasteiger partial charge in [-0.05, 0) is 44.2 Å². The van der Waals surface area contributed by atoms with Gasteiger partial charge in [0.1, 0.15) is 0 Å². The number of anilines is 1. The highest BCUT2D eigenvalue weighted by Crippen LogP contribution is 2.38. The Kier molecular flexibility index (Phi) is 4.10. The van der Waals surface area contributed by atoms with E-state index in [4.69, 9.17) is 0 Å². The summed E-state index contributed by atoms with van der Waals surface area (Å²) in [6.45, 7) is 4.68. The van der Waals surface area contributed by atoms with Crippen LogP contribution in [0.2, 0.25) is 0 Å². The molecule has 7 heteroatoms. The number of amides is 2. The molecule has 1 heterocycles. The van der Waals surface area contributed by atoms with Crippen molar-refractivity contribution in [3.63, 3.8) is 0 Å². The summed E-state index contributed by atoms with van der Waals surface area (Å²) < 4.78 is 25.6. The van der Waals surface area contributed by atoms with E-state index in [1.807, 2.05) is 32.0 Å². The Balaban J connectivity index is 1.71. The normalized spacial score (nSPS) is 26.6. The fourth-order valence-corrected chi connectivity index (χ4v) is 4.60. The van der Waals surface area contributed by atoms with Gasteiger partial charge in [0.15, 0.2) is 0 Å². The van der Waals surface area contributed by atoms with Gasteiger partial charge in [0.2, 0.25) is 10.0 Å². The van der Waals surface area contributed by atoms with Crippen molar-refractivity contribution in [2.75, 3.05) is 18.1 Å². The molecule has 2 bridgehead atoms. The first-order valence-corrected chi connectivity index (χ1v) is 9.74. The van der Waals surface area contributed by atoms with Crippen molar-refractivity contribution in [2.45, 2.75) is 38.8 Å². The van der Waals surface area contributed by atoms with Crippen LogP contribution in [-0.4, -0.2) is 44.2 Å². The van der Waals surface area contributed by atoms with E-state index >= 15 is 0 Å². The molecule has 23 heavy (non-hydrogen) atoms. The number of nitrogens with zero attached hydrogens (tertiary/aromatic N) is 1. The quantitative estimate of drug-likeness (QED) is 0.883. The Morgan fingerprint density at radius 2 is 2.00 bits per heavy atom. The van der Waals surface area contributed by atoms with Crippen molar-refractivity contribution < 1.29 is 13.2 Å². The van der Waals surface area contributed by atoms with Gasteiger partial charge in [-0.25, -0.2) is 17.9 Å². The number of aryl methyl sites for hydroxylation is 2. The second-order valence-electron chi connectivity index (χ2n) is 6.80. The lowest BCUT2D eigenvalue weighted by Crippen LogP contribution is -2.52. The number of hydrogen-bond acceptors (Lipinski definition) is 3. The molecule has 0 unspecified atom stereocenters. The van der Waals surface area contributed by atoms with Crippen molar-refractivity contribution >= 4 is 21.7 Å². The molecule has 1 aromatic rings. The predicted molar refractivity (Wildman–Crippen MR) is 89.9 cm³/mol. The molecule has 3 atom stereocenters. The van der Waals surface area contributed by atoms with Crippen molar-refractivity contribution in [3.05, 3.63) is 29.3 Å². The van der Waals surface area contributed by atoms with Gasteiger partial charge < -0.3 is 10.2 Å². The molecule has 126 valence electrons. The molecule has 1 aromatic carbocycles. The fraction of sp³-hybridized carbons (Fsp3) is 0.562. The van der Waals surface area contributed by atoms with E-state index in [0.29, 0.717) is 12.5 Å². The Hall–Kier alpha value is -1.60. The summed E-state index contributed by atoms with van der Waals surface area (Å²) in [5, 5.41) is 2.96. The first kappa shape index (κ1) is 16.3. The van der Waals surface area contributed by atoms with Gasteiger partial charge in [-0.3, -0.25) is 0 Å². The van der Waals surface area contributed by atoms with E-state index in [-0.39, 0.29) is 18.1 Å². The standard InChI is InChI=1S/C16H23N3O3S/c1-10-4-5-13(11(2)6-10)17-16(20)19-9-12-7-14(15(19)8-12)18-23(3,21)22/h4-6,12,14-15,18H,7-9H2,1-3H3,(H,17,20)/t12-,14+,15-/m1/s1. The summed E-state index contributed by atoms with van der Waals surface area (Å²) >= 11 is 0. The lowest BCUT2D eigenvalue weighted by atomic mass is 10.1. The van der Waals surface area contributed by atoms with Crippen LogP contribution in [-0.2, 0) is 10.0 Å². The zero-order chi connectivity index (χ0) is 16.8. The number of benzene rings is 1. The van der Waals surface area contributed by atoms with Gasteiger partial charge >= 0.3 is 6.03 Å². The Labute approximate surface area is 137 Å². The van der Waals surface area contributed by atoms with Crippen LogP contribution in [0.15, 0.2) is 18.2 Å². The lowest BCUT2D eigenvalue weighted by Gasteiger charge is -2.33. The van der Waals surface area contributed by atoms with E-state index in [9.17, 15) is 13.2 Å². The highest BCUT2D eigenvalue weighted by molar-refractivity contribution is 7.88. The number of likely N-dealkylation sites (tertiary alicyclic amines) is 1. The van der Waals surface area contributed by atoms with Crippen LogP contribution in [0.5, 0.6) is 0 Å². The Morgan fingerprint density at radius 1 is 1.26 bits per heavy atom. The third kappa shape index (κ3) is 3.50. The summed E-state index contributed by atoms with van der Waals surface area (Å²) in [4.78, 5) is 14.4. The zero-order valence-corrected chi connectivity index (χ0v) is 14.5. The molecule has 2 fully saturated rings. The summed E-state index contributed by atoms with van der Waals surface area (Å²) in [7, 11) is -3.26. The molecule has 0 radical (unpaired) electrons. The van der Waals surface area contributed by atoms with E-state index in [1.165, 1.54) is 6.26 Å². The van der Waals surface area contributed by atoms with Crippen molar-refractivity contribution in [3.8, 4) is 0 Å². The smallest absolute Gasteiger partial charge is 0.320 e. The number of nitrogens with one attached hydrogen (secondary N) is 2. The maximum absolute atomic E-state index is 12.6. The molecule has 1 saturated carbocycles. The minimum Gasteiger partial charge on any atom is -0.320 e. The second kappa shape index (κ2) is 5.79. The number of piperidine rings is 1. The van der Waals surface area contributed by atoms with Crippen LogP contribution in [0.3, 0.4) is 0 Å². The monoisotopic (exact) mass is 337 g/mol. The van der Waals surface area contributed by atoms with Crippen LogP contribution in [0.4, 0.5) is 10.5 Å². The summed E-state index contributed by atoms with van der Waals surface area (Å²) in [5.74, 6) is 0.379. The third-order valence-corrected chi connectivity index (χ3v) is 5.46. The van der Waals surface area contributed by atoms with Gasteiger partial charge in [-0.15, -0.1) is 0 Å². The molecule has 1 saturated heterocycles. The summed E-state index contributed by atoms with van der Waals surface area (Å²) in [6, 6.07) is 5.52. The summed E-state index contributed by atoms with van der Waals surface area (Å²) in [6.07, 6.45) is 2.84. The first-order valence-electron chi connectivity index (χ1n) is 7.85. The van der Waals surface area contributed by atoms with E-state index in [1.54, 1.807) is 4.90 Å². The number of carbonyl (C=O) groups excluding carboxylic acids is 1. The van der Waals surface area contributed by atoms with E-state index in [2.05, 4.69) is 10.0 Å². The van der Waals surface area contributed by atoms with Gasteiger partial charge in [0, 0.05) is 18.3 Å². The fourth-order valence-electron chi connectivity index (χ4n) is 3.80. The number of carbonyl (C=O) groups is 1.